The van der Waals surface area contributed by atoms with Crippen molar-refractivity contribution in [2.45, 2.75) is 83.5 Å². The second-order valence-corrected chi connectivity index (χ2v) is 12.9. The molecule has 0 bridgehead atoms. The quantitative estimate of drug-likeness (QED) is 0.245. The van der Waals surface area contributed by atoms with Crippen LogP contribution in [-0.4, -0.2) is 71.7 Å². The Kier molecular flexibility index (Phi) is 8.06. The average molecular weight is 511 g/mol. The van der Waals surface area contributed by atoms with E-state index in [1.165, 1.54) is 33.3 Å². The summed E-state index contributed by atoms with van der Waals surface area (Å²) in [5.74, 6) is 0.618. The van der Waals surface area contributed by atoms with Crippen molar-refractivity contribution in [1.82, 2.24) is 9.80 Å². The molecule has 190 valence electrons. The van der Waals surface area contributed by atoms with E-state index in [2.05, 4.69) is 0 Å². The lowest BCUT2D eigenvalue weighted by Crippen LogP contribution is -2.62. The first kappa shape index (κ1) is 26.0. The largest absolute Gasteiger partial charge is 0.353 e. The second kappa shape index (κ2) is 10.5. The summed E-state index contributed by atoms with van der Waals surface area (Å²) in [5, 5.41) is 0. The summed E-state index contributed by atoms with van der Waals surface area (Å²) in [7, 11) is 3.38. The van der Waals surface area contributed by atoms with E-state index >= 15 is 0 Å². The van der Waals surface area contributed by atoms with Crippen molar-refractivity contribution in [3.05, 3.63) is 9.81 Å². The number of ether oxygens (including phenoxy) is 2. The van der Waals surface area contributed by atoms with Gasteiger partial charge in [0.2, 0.25) is 0 Å². The lowest BCUT2D eigenvalue weighted by atomic mass is 9.56. The molecule has 1 heterocycles. The van der Waals surface area contributed by atoms with Crippen LogP contribution in [-0.2, 0) is 19.1 Å². The Hall–Kier alpha value is -1.03. The number of rotatable bonds is 9. The predicted octanol–water partition coefficient (Wildman–Crippen LogP) is 5.01. The Balaban J connectivity index is 1.57. The Morgan fingerprint density at radius 3 is 2.00 bits per heavy atom. The zero-order chi connectivity index (χ0) is 24.5. The third-order valence-electron chi connectivity index (χ3n) is 8.16. The molecule has 0 N–H and O–H groups in total. The summed E-state index contributed by atoms with van der Waals surface area (Å²) >= 11 is 3.06. The van der Waals surface area contributed by atoms with Crippen LogP contribution in [0.5, 0.6) is 0 Å². The first-order valence-corrected chi connectivity index (χ1v) is 14.6. The maximum atomic E-state index is 13.7. The fraction of sp³-hybridized carbons (Fsp3) is 0.800. The first-order valence-electron chi connectivity index (χ1n) is 12.6. The Morgan fingerprint density at radius 2 is 1.53 bits per heavy atom. The van der Waals surface area contributed by atoms with Crippen molar-refractivity contribution >= 4 is 41.4 Å². The molecule has 4 rings (SSSR count). The van der Waals surface area contributed by atoms with Gasteiger partial charge in [0, 0.05) is 39.6 Å². The number of thioether (sulfide) groups is 2. The number of amides is 4. The molecule has 4 amide bonds. The summed E-state index contributed by atoms with van der Waals surface area (Å²) in [6, 6.07) is -0.581. The summed E-state index contributed by atoms with van der Waals surface area (Å²) in [5.41, 5.74) is 0.366. The highest BCUT2D eigenvalue weighted by molar-refractivity contribution is 8.22. The van der Waals surface area contributed by atoms with Gasteiger partial charge in [-0.3, -0.25) is 19.4 Å². The van der Waals surface area contributed by atoms with Crippen LogP contribution >= 0.6 is 23.5 Å². The predicted molar refractivity (Wildman–Crippen MR) is 135 cm³/mol. The van der Waals surface area contributed by atoms with E-state index in [0.29, 0.717) is 12.5 Å². The molecule has 34 heavy (non-hydrogen) atoms. The van der Waals surface area contributed by atoms with Crippen LogP contribution in [0.15, 0.2) is 9.81 Å². The molecule has 1 saturated heterocycles. The molecular weight excluding hydrogens is 472 g/mol. The monoisotopic (exact) mass is 510 g/mol. The normalized spacial score (nSPS) is 25.1. The van der Waals surface area contributed by atoms with E-state index in [9.17, 15) is 14.4 Å². The molecule has 0 aromatic rings. The number of carbonyl (C=O) groups is 3. The SMILES string of the molecule is CCSC(SCC)=C1C(=O)N(CC2CCC2)C(=O)N(C2CCC3(CC2)CC(OC)(OC)C3)C1=O. The molecule has 7 nitrogen and oxygen atoms in total. The number of hydrogen-bond donors (Lipinski definition) is 0. The Morgan fingerprint density at radius 1 is 0.941 bits per heavy atom. The highest BCUT2D eigenvalue weighted by Gasteiger charge is 2.58. The van der Waals surface area contributed by atoms with Crippen LogP contribution in [0.25, 0.3) is 0 Å². The van der Waals surface area contributed by atoms with Gasteiger partial charge < -0.3 is 9.47 Å². The molecule has 3 aliphatic carbocycles. The number of imide groups is 2. The van der Waals surface area contributed by atoms with Crippen molar-refractivity contribution in [2.75, 3.05) is 32.3 Å². The summed E-state index contributed by atoms with van der Waals surface area (Å²) < 4.78 is 12.0. The van der Waals surface area contributed by atoms with Gasteiger partial charge in [0.1, 0.15) is 5.57 Å². The van der Waals surface area contributed by atoms with Gasteiger partial charge in [0.15, 0.2) is 5.79 Å². The minimum Gasteiger partial charge on any atom is -0.353 e. The maximum absolute atomic E-state index is 13.7. The van der Waals surface area contributed by atoms with Gasteiger partial charge in [0.25, 0.3) is 11.8 Å². The summed E-state index contributed by atoms with van der Waals surface area (Å²) in [4.78, 5) is 43.6. The number of hydrogen-bond acceptors (Lipinski definition) is 7. The van der Waals surface area contributed by atoms with E-state index in [1.54, 1.807) is 14.2 Å². The van der Waals surface area contributed by atoms with Crippen molar-refractivity contribution in [2.24, 2.45) is 11.3 Å². The molecule has 0 atom stereocenters. The fourth-order valence-corrected chi connectivity index (χ4v) is 8.18. The van der Waals surface area contributed by atoms with E-state index in [0.717, 1.165) is 73.5 Å². The molecule has 9 heteroatoms. The van der Waals surface area contributed by atoms with Gasteiger partial charge >= 0.3 is 6.03 Å². The van der Waals surface area contributed by atoms with Gasteiger partial charge in [-0.2, -0.15) is 0 Å². The molecular formula is C25H38N2O5S2. The smallest absolute Gasteiger partial charge is 0.334 e. The molecule has 4 fully saturated rings. The third-order valence-corrected chi connectivity index (χ3v) is 10.4. The van der Waals surface area contributed by atoms with Crippen LogP contribution in [0.2, 0.25) is 0 Å². The summed E-state index contributed by atoms with van der Waals surface area (Å²) in [6.07, 6.45) is 8.30. The Bertz CT molecular complexity index is 826. The molecule has 4 aliphatic rings. The lowest BCUT2D eigenvalue weighted by molar-refractivity contribution is -0.303. The van der Waals surface area contributed by atoms with Gasteiger partial charge in [-0.15, -0.1) is 23.5 Å². The highest BCUT2D eigenvalue weighted by Crippen LogP contribution is 2.58. The zero-order valence-corrected chi connectivity index (χ0v) is 22.5. The number of methoxy groups -OCH3 is 2. The topological polar surface area (TPSA) is 76.2 Å². The van der Waals surface area contributed by atoms with Crippen molar-refractivity contribution in [1.29, 1.82) is 0 Å². The molecule has 0 radical (unpaired) electrons. The van der Waals surface area contributed by atoms with Crippen LogP contribution in [0.3, 0.4) is 0 Å². The molecule has 1 spiro atoms. The van der Waals surface area contributed by atoms with Crippen molar-refractivity contribution < 1.29 is 23.9 Å². The minimum absolute atomic E-state index is 0.159. The van der Waals surface area contributed by atoms with E-state index in [-0.39, 0.29) is 17.0 Å². The van der Waals surface area contributed by atoms with Gasteiger partial charge in [0.05, 0.1) is 4.24 Å². The minimum atomic E-state index is -0.491. The fourth-order valence-electron chi connectivity index (χ4n) is 5.98. The second-order valence-electron chi connectivity index (χ2n) is 10.1. The zero-order valence-electron chi connectivity index (χ0n) is 20.9. The number of carbonyl (C=O) groups excluding carboxylic acids is 3. The standard InChI is InChI=1S/C25H38N2O5S2/c1-5-33-22(34-6-2)19-20(28)26(14-17-8-7-9-17)23(30)27(21(19)29)18-10-12-24(13-11-18)15-25(16-24,31-3)32-4/h17-18H,5-16H2,1-4H3. The molecule has 1 aliphatic heterocycles. The van der Waals surface area contributed by atoms with Crippen LogP contribution < -0.4 is 0 Å². The van der Waals surface area contributed by atoms with Crippen molar-refractivity contribution in [3.8, 4) is 0 Å². The molecule has 0 unspecified atom stereocenters. The maximum Gasteiger partial charge on any atom is 0.334 e. The Labute approximate surface area is 211 Å². The third kappa shape index (κ3) is 4.70. The van der Waals surface area contributed by atoms with E-state index < -0.39 is 23.6 Å². The number of barbiturate groups is 1. The lowest BCUT2D eigenvalue weighted by Gasteiger charge is -2.57. The van der Waals surface area contributed by atoms with E-state index in [1.807, 2.05) is 13.8 Å². The highest BCUT2D eigenvalue weighted by atomic mass is 32.2. The molecule has 0 aromatic carbocycles. The van der Waals surface area contributed by atoms with E-state index in [4.69, 9.17) is 9.47 Å². The first-order chi connectivity index (χ1) is 16.3. The van der Waals surface area contributed by atoms with Crippen LogP contribution in [0.1, 0.15) is 71.6 Å². The van der Waals surface area contributed by atoms with Crippen molar-refractivity contribution in [3.63, 3.8) is 0 Å². The van der Waals surface area contributed by atoms with Crippen LogP contribution in [0.4, 0.5) is 4.79 Å². The molecule has 0 aromatic heterocycles. The number of nitrogens with zero attached hydrogens (tertiary/aromatic N) is 2. The average Bonchev–Trinajstić information content (AvgIpc) is 2.77. The molecule has 3 saturated carbocycles. The summed E-state index contributed by atoms with van der Waals surface area (Å²) in [6.45, 7) is 4.47. The van der Waals surface area contributed by atoms with Gasteiger partial charge in [-0.05, 0) is 61.4 Å². The van der Waals surface area contributed by atoms with Gasteiger partial charge in [-0.25, -0.2) is 4.79 Å². The van der Waals surface area contributed by atoms with Gasteiger partial charge in [-0.1, -0.05) is 20.3 Å². The van der Waals surface area contributed by atoms with Crippen LogP contribution in [0, 0.1) is 11.3 Å². The number of urea groups is 1.